The van der Waals surface area contributed by atoms with E-state index in [1.165, 1.54) is 6.08 Å². The molecule has 0 aliphatic heterocycles. The average molecular weight is 257 g/mol. The minimum absolute atomic E-state index is 0.00727. The summed E-state index contributed by atoms with van der Waals surface area (Å²) in [4.78, 5) is 0. The fourth-order valence-corrected chi connectivity index (χ4v) is 1.77. The van der Waals surface area contributed by atoms with Gasteiger partial charge in [0.25, 0.3) is 6.43 Å². The average Bonchev–Trinajstić information content (AvgIpc) is 2.14. The third-order valence-electron chi connectivity index (χ3n) is 1.86. The molecule has 6 heteroatoms. The van der Waals surface area contributed by atoms with Crippen LogP contribution >= 0.6 is 0 Å². The van der Waals surface area contributed by atoms with Gasteiger partial charge in [0.05, 0.1) is 6.04 Å². The Morgan fingerprint density at radius 1 is 1.38 bits per heavy atom. The largest absolute Gasteiger partial charge is 0.598 e. The lowest BCUT2D eigenvalue weighted by atomic mass is 10.1. The van der Waals surface area contributed by atoms with Crippen LogP contribution in [-0.2, 0) is 11.4 Å². The Hall–Kier alpha value is -0.200. The van der Waals surface area contributed by atoms with Gasteiger partial charge in [-0.05, 0) is 27.2 Å². The van der Waals surface area contributed by atoms with E-state index >= 15 is 0 Å². The first-order valence-corrected chi connectivity index (χ1v) is 6.06. The number of rotatable bonds is 6. The summed E-state index contributed by atoms with van der Waals surface area (Å²) in [7, 11) is 0. The van der Waals surface area contributed by atoms with E-state index in [1.54, 1.807) is 20.8 Å². The summed E-state index contributed by atoms with van der Waals surface area (Å²) in [6.45, 7) is 8.39. The molecule has 0 fully saturated rings. The summed E-state index contributed by atoms with van der Waals surface area (Å²) in [6.07, 6.45) is -4.10. The van der Waals surface area contributed by atoms with Crippen LogP contribution in [0.1, 0.15) is 27.2 Å². The molecule has 0 bridgehead atoms. The van der Waals surface area contributed by atoms with Gasteiger partial charge in [-0.15, -0.1) is 11.3 Å². The Morgan fingerprint density at radius 3 is 2.19 bits per heavy atom. The second-order valence-corrected chi connectivity index (χ2v) is 6.41. The Bertz CT molecular complexity index is 221. The van der Waals surface area contributed by atoms with Gasteiger partial charge in [-0.2, -0.15) is 0 Å². The number of alkyl halides is 3. The highest BCUT2D eigenvalue weighted by Crippen LogP contribution is 2.19. The first-order valence-electron chi connectivity index (χ1n) is 4.91. The molecule has 0 heterocycles. The Morgan fingerprint density at radius 2 is 1.88 bits per heavy atom. The second-order valence-electron chi connectivity index (χ2n) is 4.41. The van der Waals surface area contributed by atoms with Crippen LogP contribution in [-0.4, -0.2) is 27.9 Å². The van der Waals surface area contributed by atoms with Gasteiger partial charge in [0.1, 0.15) is 4.75 Å². The molecule has 0 aliphatic rings. The van der Waals surface area contributed by atoms with Gasteiger partial charge in [-0.25, -0.2) is 13.2 Å². The van der Waals surface area contributed by atoms with Gasteiger partial charge >= 0.3 is 0 Å². The fourth-order valence-electron chi connectivity index (χ4n) is 0.913. The van der Waals surface area contributed by atoms with Crippen LogP contribution in [0.25, 0.3) is 0 Å². The predicted molar refractivity (Wildman–Crippen MR) is 60.5 cm³/mol. The molecule has 0 spiro atoms. The van der Waals surface area contributed by atoms with Crippen LogP contribution in [0.15, 0.2) is 12.7 Å². The summed E-state index contributed by atoms with van der Waals surface area (Å²) in [5.41, 5.74) is 0. The monoisotopic (exact) mass is 257 g/mol. The lowest BCUT2D eigenvalue weighted by molar-refractivity contribution is 0.0330. The SMILES string of the molecule is C=CCC(N[S+]([O-])C(C)(C)C)C(F)C(F)F. The van der Waals surface area contributed by atoms with Gasteiger partial charge in [0, 0.05) is 11.4 Å². The van der Waals surface area contributed by atoms with Crippen molar-refractivity contribution in [2.45, 2.75) is 50.6 Å². The Kier molecular flexibility index (Phi) is 6.43. The Labute approximate surface area is 97.6 Å². The molecule has 0 aliphatic carbocycles. The van der Waals surface area contributed by atoms with E-state index in [0.29, 0.717) is 0 Å². The third-order valence-corrected chi connectivity index (χ3v) is 3.49. The van der Waals surface area contributed by atoms with Crippen LogP contribution in [0.4, 0.5) is 13.2 Å². The molecular formula is C10H18F3NOS. The van der Waals surface area contributed by atoms with Crippen molar-refractivity contribution < 1.29 is 17.7 Å². The van der Waals surface area contributed by atoms with E-state index in [2.05, 4.69) is 11.3 Å². The number of halogens is 3. The first-order chi connectivity index (χ1) is 7.20. The van der Waals surface area contributed by atoms with Crippen molar-refractivity contribution in [1.82, 2.24) is 4.72 Å². The van der Waals surface area contributed by atoms with E-state index in [9.17, 15) is 17.7 Å². The number of hydrogen-bond acceptors (Lipinski definition) is 2. The van der Waals surface area contributed by atoms with E-state index in [1.807, 2.05) is 0 Å². The maximum absolute atomic E-state index is 13.1. The molecular weight excluding hydrogens is 239 g/mol. The molecule has 0 radical (unpaired) electrons. The van der Waals surface area contributed by atoms with Gasteiger partial charge < -0.3 is 4.55 Å². The summed E-state index contributed by atoms with van der Waals surface area (Å²) in [6, 6.07) is -1.17. The highest BCUT2D eigenvalue weighted by molar-refractivity contribution is 7.90. The molecule has 0 aromatic rings. The van der Waals surface area contributed by atoms with Crippen LogP contribution < -0.4 is 4.72 Å². The molecule has 0 saturated heterocycles. The number of nitrogens with one attached hydrogen (secondary N) is 1. The minimum Gasteiger partial charge on any atom is -0.598 e. The molecule has 3 atom stereocenters. The zero-order valence-corrected chi connectivity index (χ0v) is 10.5. The molecule has 0 aromatic heterocycles. The zero-order chi connectivity index (χ0) is 12.9. The summed E-state index contributed by atoms with van der Waals surface area (Å²) in [5.74, 6) is 0. The molecule has 0 saturated carbocycles. The molecule has 1 N–H and O–H groups in total. The molecule has 0 rings (SSSR count). The van der Waals surface area contributed by atoms with Crippen molar-refractivity contribution in [2.24, 2.45) is 0 Å². The lowest BCUT2D eigenvalue weighted by Gasteiger charge is -2.28. The van der Waals surface area contributed by atoms with Crippen molar-refractivity contribution in [3.8, 4) is 0 Å². The second kappa shape index (κ2) is 6.51. The van der Waals surface area contributed by atoms with E-state index in [4.69, 9.17) is 0 Å². The van der Waals surface area contributed by atoms with Crippen LogP contribution in [0.2, 0.25) is 0 Å². The highest BCUT2D eigenvalue weighted by Gasteiger charge is 2.35. The maximum atomic E-state index is 13.1. The lowest BCUT2D eigenvalue weighted by Crippen LogP contribution is -2.49. The standard InChI is InChI=1S/C10H18F3NOS/c1-5-6-7(8(11)9(12)13)14-16(15)10(2,3)4/h5,7-9,14H,1,6H2,2-4H3. The van der Waals surface area contributed by atoms with Gasteiger partial charge in [-0.1, -0.05) is 6.08 Å². The van der Waals surface area contributed by atoms with Crippen molar-refractivity contribution in [1.29, 1.82) is 0 Å². The summed E-state index contributed by atoms with van der Waals surface area (Å²) >= 11 is -1.58. The Balaban J connectivity index is 4.50. The fraction of sp³-hybridized carbons (Fsp3) is 0.800. The first kappa shape index (κ1) is 15.8. The van der Waals surface area contributed by atoms with Crippen molar-refractivity contribution in [3.63, 3.8) is 0 Å². The van der Waals surface area contributed by atoms with Gasteiger partial charge in [0.15, 0.2) is 6.17 Å². The predicted octanol–water partition coefficient (Wildman–Crippen LogP) is 2.59. The van der Waals surface area contributed by atoms with E-state index in [0.717, 1.165) is 0 Å². The van der Waals surface area contributed by atoms with Crippen molar-refractivity contribution >= 4 is 11.4 Å². The molecule has 0 aromatic carbocycles. The maximum Gasteiger partial charge on any atom is 0.271 e. The van der Waals surface area contributed by atoms with E-state index in [-0.39, 0.29) is 6.42 Å². The molecule has 2 nitrogen and oxygen atoms in total. The van der Waals surface area contributed by atoms with E-state index < -0.39 is 34.7 Å². The van der Waals surface area contributed by atoms with Crippen LogP contribution in [0, 0.1) is 0 Å². The quantitative estimate of drug-likeness (QED) is 0.586. The molecule has 16 heavy (non-hydrogen) atoms. The molecule has 3 unspecified atom stereocenters. The minimum atomic E-state index is -3.09. The molecule has 0 amide bonds. The summed E-state index contributed by atoms with van der Waals surface area (Å²) in [5, 5.41) is 0. The normalized spacial score (nSPS) is 18.2. The van der Waals surface area contributed by atoms with Crippen LogP contribution in [0.5, 0.6) is 0 Å². The van der Waals surface area contributed by atoms with Gasteiger partial charge in [0.2, 0.25) is 0 Å². The topological polar surface area (TPSA) is 35.1 Å². The van der Waals surface area contributed by atoms with Gasteiger partial charge in [-0.3, -0.25) is 0 Å². The van der Waals surface area contributed by atoms with Crippen molar-refractivity contribution in [2.75, 3.05) is 0 Å². The van der Waals surface area contributed by atoms with Crippen molar-refractivity contribution in [3.05, 3.63) is 12.7 Å². The third kappa shape index (κ3) is 5.23. The summed E-state index contributed by atoms with van der Waals surface area (Å²) < 4.78 is 50.9. The zero-order valence-electron chi connectivity index (χ0n) is 9.67. The smallest absolute Gasteiger partial charge is 0.271 e. The highest BCUT2D eigenvalue weighted by atomic mass is 32.2. The van der Waals surface area contributed by atoms with Crippen LogP contribution in [0.3, 0.4) is 0 Å². The number of hydrogen-bond donors (Lipinski definition) is 1. The molecule has 96 valence electrons.